The zero-order chi connectivity index (χ0) is 23.7. The van der Waals surface area contributed by atoms with E-state index in [1.54, 1.807) is 47.2 Å². The SMILES string of the molecule is Cc1ccc(NC(=O)c2cc(Oc3cnc(C(=O)N4CCCC4)cn3)c3cn(C)nc3c2)nc1. The van der Waals surface area contributed by atoms with Gasteiger partial charge in [0.25, 0.3) is 11.8 Å². The van der Waals surface area contributed by atoms with Gasteiger partial charge in [-0.2, -0.15) is 5.10 Å². The number of benzene rings is 1. The number of pyridine rings is 1. The maximum absolute atomic E-state index is 12.9. The zero-order valence-electron chi connectivity index (χ0n) is 18.9. The molecular formula is C24H23N7O3. The number of aromatic nitrogens is 5. The minimum absolute atomic E-state index is 0.130. The van der Waals surface area contributed by atoms with E-state index in [0.717, 1.165) is 31.5 Å². The summed E-state index contributed by atoms with van der Waals surface area (Å²) >= 11 is 0. The largest absolute Gasteiger partial charge is 0.437 e. The van der Waals surface area contributed by atoms with Crippen LogP contribution in [0.5, 0.6) is 11.6 Å². The number of aryl methyl sites for hydroxylation is 2. The Hall–Kier alpha value is -4.34. The maximum atomic E-state index is 12.9. The van der Waals surface area contributed by atoms with Crippen LogP contribution >= 0.6 is 0 Å². The minimum Gasteiger partial charge on any atom is -0.437 e. The molecule has 172 valence electrons. The van der Waals surface area contributed by atoms with Crippen molar-refractivity contribution >= 4 is 28.5 Å². The van der Waals surface area contributed by atoms with Crippen molar-refractivity contribution in [2.24, 2.45) is 7.05 Å². The first-order chi connectivity index (χ1) is 16.5. The number of likely N-dealkylation sites (tertiary alicyclic amines) is 1. The lowest BCUT2D eigenvalue weighted by molar-refractivity contribution is 0.0786. The van der Waals surface area contributed by atoms with Crippen LogP contribution < -0.4 is 10.1 Å². The number of carbonyl (C=O) groups is 2. The molecule has 1 aliphatic rings. The van der Waals surface area contributed by atoms with Gasteiger partial charge in [-0.15, -0.1) is 0 Å². The van der Waals surface area contributed by atoms with Crippen molar-refractivity contribution in [1.29, 1.82) is 0 Å². The summed E-state index contributed by atoms with van der Waals surface area (Å²) in [4.78, 5) is 39.9. The Morgan fingerprint density at radius 3 is 2.56 bits per heavy atom. The van der Waals surface area contributed by atoms with Crippen LogP contribution in [0.3, 0.4) is 0 Å². The van der Waals surface area contributed by atoms with Gasteiger partial charge in [0.05, 0.1) is 23.3 Å². The molecule has 2 amide bonds. The molecule has 4 heterocycles. The summed E-state index contributed by atoms with van der Waals surface area (Å²) in [5.41, 5.74) is 2.23. The smallest absolute Gasteiger partial charge is 0.274 e. The Balaban J connectivity index is 1.40. The second-order valence-corrected chi connectivity index (χ2v) is 8.23. The molecule has 1 saturated heterocycles. The van der Waals surface area contributed by atoms with Gasteiger partial charge in [-0.05, 0) is 43.5 Å². The van der Waals surface area contributed by atoms with Crippen molar-refractivity contribution in [3.8, 4) is 11.6 Å². The molecule has 1 aromatic carbocycles. The number of hydrogen-bond acceptors (Lipinski definition) is 7. The van der Waals surface area contributed by atoms with Crippen LogP contribution in [-0.2, 0) is 7.05 Å². The van der Waals surface area contributed by atoms with E-state index in [-0.39, 0.29) is 23.4 Å². The Labute approximate surface area is 195 Å². The molecule has 1 aliphatic heterocycles. The summed E-state index contributed by atoms with van der Waals surface area (Å²) in [6.07, 6.45) is 8.32. The predicted molar refractivity (Wildman–Crippen MR) is 125 cm³/mol. The molecule has 5 rings (SSSR count). The third kappa shape index (κ3) is 4.42. The van der Waals surface area contributed by atoms with Crippen LogP contribution in [-0.4, -0.2) is 54.5 Å². The molecule has 1 fully saturated rings. The molecule has 0 atom stereocenters. The lowest BCUT2D eigenvalue weighted by atomic mass is 10.1. The zero-order valence-corrected chi connectivity index (χ0v) is 18.9. The number of ether oxygens (including phenoxy) is 1. The third-order valence-corrected chi connectivity index (χ3v) is 5.57. The van der Waals surface area contributed by atoms with Gasteiger partial charge in [-0.3, -0.25) is 14.3 Å². The number of carbonyl (C=O) groups excluding carboxylic acids is 2. The second kappa shape index (κ2) is 8.89. The first kappa shape index (κ1) is 21.5. The van der Waals surface area contributed by atoms with Gasteiger partial charge in [-0.25, -0.2) is 15.0 Å². The van der Waals surface area contributed by atoms with E-state index in [9.17, 15) is 9.59 Å². The summed E-state index contributed by atoms with van der Waals surface area (Å²) < 4.78 is 7.62. The summed E-state index contributed by atoms with van der Waals surface area (Å²) in [6, 6.07) is 6.92. The third-order valence-electron chi connectivity index (χ3n) is 5.57. The van der Waals surface area contributed by atoms with Crippen molar-refractivity contribution in [2.45, 2.75) is 19.8 Å². The molecule has 0 unspecified atom stereocenters. The molecule has 1 N–H and O–H groups in total. The van der Waals surface area contributed by atoms with Crippen molar-refractivity contribution < 1.29 is 14.3 Å². The van der Waals surface area contributed by atoms with Crippen molar-refractivity contribution in [3.05, 3.63) is 65.9 Å². The molecule has 0 radical (unpaired) electrons. The number of nitrogens with zero attached hydrogens (tertiary/aromatic N) is 6. The average Bonchev–Trinajstić information content (AvgIpc) is 3.50. The highest BCUT2D eigenvalue weighted by Crippen LogP contribution is 2.30. The van der Waals surface area contributed by atoms with E-state index < -0.39 is 0 Å². The lowest BCUT2D eigenvalue weighted by Gasteiger charge is -2.14. The van der Waals surface area contributed by atoms with Crippen molar-refractivity contribution in [1.82, 2.24) is 29.6 Å². The Morgan fingerprint density at radius 1 is 1.03 bits per heavy atom. The van der Waals surface area contributed by atoms with Crippen molar-refractivity contribution in [3.63, 3.8) is 0 Å². The predicted octanol–water partition coefficient (Wildman–Crippen LogP) is 3.35. The summed E-state index contributed by atoms with van der Waals surface area (Å²) in [5, 5.41) is 7.91. The van der Waals surface area contributed by atoms with Gasteiger partial charge in [0, 0.05) is 38.1 Å². The van der Waals surface area contributed by atoms with Crippen LogP contribution in [0, 0.1) is 6.92 Å². The highest BCUT2D eigenvalue weighted by Gasteiger charge is 2.21. The number of fused-ring (bicyclic) bond motifs is 1. The number of amides is 2. The molecule has 0 bridgehead atoms. The molecule has 10 heteroatoms. The van der Waals surface area contributed by atoms with E-state index in [4.69, 9.17) is 4.74 Å². The van der Waals surface area contributed by atoms with Gasteiger partial charge in [-0.1, -0.05) is 6.07 Å². The van der Waals surface area contributed by atoms with E-state index in [0.29, 0.717) is 28.0 Å². The van der Waals surface area contributed by atoms with E-state index in [2.05, 4.69) is 25.4 Å². The van der Waals surface area contributed by atoms with Gasteiger partial charge in [0.1, 0.15) is 17.3 Å². The molecule has 10 nitrogen and oxygen atoms in total. The topological polar surface area (TPSA) is 115 Å². The Bertz CT molecular complexity index is 1360. The van der Waals surface area contributed by atoms with E-state index >= 15 is 0 Å². The van der Waals surface area contributed by atoms with Gasteiger partial charge >= 0.3 is 0 Å². The number of rotatable bonds is 5. The molecule has 3 aromatic heterocycles. The molecule has 0 aliphatic carbocycles. The highest BCUT2D eigenvalue weighted by molar-refractivity contribution is 6.06. The molecule has 34 heavy (non-hydrogen) atoms. The fourth-order valence-corrected chi connectivity index (χ4v) is 3.83. The van der Waals surface area contributed by atoms with Crippen molar-refractivity contribution in [2.75, 3.05) is 18.4 Å². The maximum Gasteiger partial charge on any atom is 0.274 e. The number of hydrogen-bond donors (Lipinski definition) is 1. The highest BCUT2D eigenvalue weighted by atomic mass is 16.5. The monoisotopic (exact) mass is 457 g/mol. The quantitative estimate of drug-likeness (QED) is 0.489. The number of nitrogens with one attached hydrogen (secondary N) is 1. The van der Waals surface area contributed by atoms with Gasteiger partial charge in [0.15, 0.2) is 0 Å². The average molecular weight is 457 g/mol. The Morgan fingerprint density at radius 2 is 1.85 bits per heavy atom. The first-order valence-electron chi connectivity index (χ1n) is 11.0. The Kier molecular flexibility index (Phi) is 5.62. The first-order valence-corrected chi connectivity index (χ1v) is 11.0. The minimum atomic E-state index is -0.341. The second-order valence-electron chi connectivity index (χ2n) is 8.23. The molecule has 0 saturated carbocycles. The summed E-state index contributed by atoms with van der Waals surface area (Å²) in [6.45, 7) is 3.41. The fraction of sp³-hybridized carbons (Fsp3) is 0.250. The molecule has 4 aromatic rings. The standard InChI is InChI=1S/C24H23N7O3/c1-15-5-6-21(26-11-15)28-23(32)16-9-18-17(14-30(2)29-18)20(10-16)34-22-13-25-19(12-27-22)24(33)31-7-3-4-8-31/h5-6,9-14H,3-4,7-8H2,1-2H3,(H,26,28,32). The van der Waals surface area contributed by atoms with Gasteiger partial charge < -0.3 is 15.0 Å². The lowest BCUT2D eigenvalue weighted by Crippen LogP contribution is -2.28. The van der Waals surface area contributed by atoms with Crippen LogP contribution in [0.2, 0.25) is 0 Å². The normalized spacial score (nSPS) is 13.3. The molecular weight excluding hydrogens is 434 g/mol. The molecule has 0 spiro atoms. The van der Waals surface area contributed by atoms with Crippen LogP contribution in [0.15, 0.2) is 49.1 Å². The summed E-state index contributed by atoms with van der Waals surface area (Å²) in [7, 11) is 1.79. The summed E-state index contributed by atoms with van der Waals surface area (Å²) in [5.74, 6) is 0.589. The van der Waals surface area contributed by atoms with E-state index in [1.165, 1.54) is 12.4 Å². The van der Waals surface area contributed by atoms with Crippen LogP contribution in [0.4, 0.5) is 5.82 Å². The van der Waals surface area contributed by atoms with E-state index in [1.807, 2.05) is 13.0 Å². The fourth-order valence-electron chi connectivity index (χ4n) is 3.83. The van der Waals surface area contributed by atoms with Crippen LogP contribution in [0.25, 0.3) is 10.9 Å². The number of anilines is 1. The van der Waals surface area contributed by atoms with Crippen LogP contribution in [0.1, 0.15) is 39.3 Å². The van der Waals surface area contributed by atoms with Gasteiger partial charge in [0.2, 0.25) is 5.88 Å².